The minimum Gasteiger partial charge on any atom is -0.494 e. The maximum Gasteiger partial charge on any atom is 0.417 e. The fraction of sp³-hybridized carbons (Fsp3) is 0.352. The summed E-state index contributed by atoms with van der Waals surface area (Å²) in [7, 11) is 0. The number of hydrogen-bond donors (Lipinski definition) is 1. The molecule has 3 amide bonds. The molecule has 2 aromatic heterocycles. The summed E-state index contributed by atoms with van der Waals surface area (Å²) in [5, 5.41) is 16.8. The van der Waals surface area contributed by atoms with Gasteiger partial charge in [-0.2, -0.15) is 23.5 Å². The van der Waals surface area contributed by atoms with Gasteiger partial charge in [0.15, 0.2) is 10.9 Å². The molecule has 6 aromatic rings. The lowest BCUT2D eigenvalue weighted by Crippen LogP contribution is -2.48. The Labute approximate surface area is 431 Å². The predicted octanol–water partition coefficient (Wildman–Crippen LogP) is 11.0. The first-order valence-corrected chi connectivity index (χ1v) is 25.3. The minimum absolute atomic E-state index is 0.00845. The Morgan fingerprint density at radius 2 is 1.63 bits per heavy atom. The number of nitrogens with one attached hydrogen (secondary N) is 1. The minimum atomic E-state index is -4.80. The van der Waals surface area contributed by atoms with Gasteiger partial charge in [-0.1, -0.05) is 44.2 Å². The molecule has 19 heteroatoms. The molecule has 4 heterocycles. The maximum absolute atomic E-state index is 14.2. The van der Waals surface area contributed by atoms with Crippen molar-refractivity contribution in [3.63, 3.8) is 0 Å². The van der Waals surface area contributed by atoms with Gasteiger partial charge < -0.3 is 29.3 Å². The summed E-state index contributed by atoms with van der Waals surface area (Å²) in [6.45, 7) is 10.9. The number of carbonyl (C=O) groups excluding carboxylic acids is 3. The second-order valence-corrected chi connectivity index (χ2v) is 19.9. The van der Waals surface area contributed by atoms with Crippen LogP contribution in [0.3, 0.4) is 0 Å². The maximum atomic E-state index is 14.2. The summed E-state index contributed by atoms with van der Waals surface area (Å²) in [5.41, 5.74) is 2.45. The fourth-order valence-corrected chi connectivity index (χ4v) is 10.4. The zero-order chi connectivity index (χ0) is 52.0. The quantitative estimate of drug-likeness (QED) is 0.0609. The lowest BCUT2D eigenvalue weighted by atomic mass is 10.0. The van der Waals surface area contributed by atoms with Gasteiger partial charge in [-0.15, -0.1) is 11.3 Å². The summed E-state index contributed by atoms with van der Waals surface area (Å²) in [4.78, 5) is 51.0. The van der Waals surface area contributed by atoms with Gasteiger partial charge in [0.05, 0.1) is 64.6 Å². The number of hydrogen-bond acceptors (Lipinski definition) is 11. The number of benzene rings is 4. The van der Waals surface area contributed by atoms with Crippen LogP contribution in [0.25, 0.3) is 10.4 Å². The number of thiazole rings is 1. The number of ether oxygens (including phenoxy) is 3. The molecule has 0 radical (unpaired) electrons. The zero-order valence-electron chi connectivity index (χ0n) is 41.0. The highest BCUT2D eigenvalue weighted by Gasteiger charge is 2.51. The van der Waals surface area contributed by atoms with Crippen molar-refractivity contribution in [2.75, 3.05) is 29.6 Å². The van der Waals surface area contributed by atoms with Crippen molar-refractivity contribution >= 4 is 57.8 Å². The third-order valence-corrected chi connectivity index (χ3v) is 14.2. The van der Waals surface area contributed by atoms with Gasteiger partial charge in [-0.3, -0.25) is 24.0 Å². The van der Waals surface area contributed by atoms with Crippen LogP contribution in [0.5, 0.6) is 23.0 Å². The van der Waals surface area contributed by atoms with E-state index in [1.165, 1.54) is 6.07 Å². The Kier molecular flexibility index (Phi) is 15.8. The van der Waals surface area contributed by atoms with Gasteiger partial charge in [0.2, 0.25) is 11.8 Å². The number of anilines is 2. The van der Waals surface area contributed by atoms with Crippen molar-refractivity contribution in [1.82, 2.24) is 25.0 Å². The molecule has 2 aliphatic rings. The first-order chi connectivity index (χ1) is 34.9. The molecule has 14 nitrogen and oxygen atoms in total. The lowest BCUT2D eigenvalue weighted by Gasteiger charge is -2.30. The van der Waals surface area contributed by atoms with Crippen LogP contribution in [0.2, 0.25) is 0 Å². The number of amides is 3. The van der Waals surface area contributed by atoms with Crippen LogP contribution in [0.1, 0.15) is 88.2 Å². The molecule has 0 aliphatic carbocycles. The number of aryl methyl sites for hydroxylation is 1. The Morgan fingerprint density at radius 3 is 2.30 bits per heavy atom. The summed E-state index contributed by atoms with van der Waals surface area (Å²) < 4.78 is 61.0. The van der Waals surface area contributed by atoms with Gasteiger partial charge in [0, 0.05) is 24.8 Å². The van der Waals surface area contributed by atoms with E-state index in [0.717, 1.165) is 64.4 Å². The summed E-state index contributed by atoms with van der Waals surface area (Å²) in [5.74, 6) is 1.25. The highest BCUT2D eigenvalue weighted by atomic mass is 32.1. The third-order valence-electron chi connectivity index (χ3n) is 12.8. The molecule has 8 rings (SSSR count). The number of alkyl halides is 3. The zero-order valence-corrected chi connectivity index (χ0v) is 42.7. The monoisotopic (exact) mass is 1030 g/mol. The van der Waals surface area contributed by atoms with Crippen molar-refractivity contribution < 1.29 is 41.8 Å². The number of thiocarbonyl (C=S) groups is 1. The Bertz CT molecular complexity index is 3010. The van der Waals surface area contributed by atoms with Crippen molar-refractivity contribution in [2.45, 2.75) is 97.1 Å². The van der Waals surface area contributed by atoms with Crippen LogP contribution in [0.15, 0.2) is 109 Å². The van der Waals surface area contributed by atoms with Crippen molar-refractivity contribution in [1.29, 1.82) is 5.26 Å². The summed E-state index contributed by atoms with van der Waals surface area (Å²) >= 11 is 7.25. The molecule has 380 valence electrons. The Morgan fingerprint density at radius 1 is 0.932 bits per heavy atom. The van der Waals surface area contributed by atoms with Gasteiger partial charge in [-0.25, -0.2) is 4.98 Å². The molecule has 0 bridgehead atoms. The van der Waals surface area contributed by atoms with Gasteiger partial charge in [0.25, 0.3) is 5.91 Å². The van der Waals surface area contributed by atoms with E-state index in [2.05, 4.69) is 15.4 Å². The first-order valence-electron chi connectivity index (χ1n) is 24.0. The third kappa shape index (κ3) is 11.7. The van der Waals surface area contributed by atoms with E-state index in [1.807, 2.05) is 68.7 Å². The van der Waals surface area contributed by atoms with Gasteiger partial charge in [-0.05, 0) is 137 Å². The van der Waals surface area contributed by atoms with E-state index < -0.39 is 40.8 Å². The van der Waals surface area contributed by atoms with E-state index in [0.29, 0.717) is 61.4 Å². The topological polar surface area (TPSA) is 155 Å². The molecule has 2 fully saturated rings. The Hall–Kier alpha value is -7.30. The molecule has 4 aromatic carbocycles. The fourth-order valence-electron chi connectivity index (χ4n) is 9.04. The number of unbranched alkanes of at least 4 members (excludes halogenated alkanes) is 2. The van der Waals surface area contributed by atoms with E-state index >= 15 is 0 Å². The predicted molar refractivity (Wildman–Crippen MR) is 276 cm³/mol. The van der Waals surface area contributed by atoms with E-state index in [1.54, 1.807) is 88.5 Å². The van der Waals surface area contributed by atoms with Crippen LogP contribution >= 0.6 is 23.6 Å². The smallest absolute Gasteiger partial charge is 0.417 e. The SMILES string of the molecule is Cc1ncsc1-c1ccc(CNC(=O)[C@@H]2CCCN2C(=O)[C@H](C(C)C)n2cc(Oc3cccc(OCCCCCOc4ccc(N5C(=S)N(c6ccc(C#N)c(C(F)(F)F)c6)C(=O)C5(C)C)cc4)c3)cn2)cc1. The lowest BCUT2D eigenvalue weighted by molar-refractivity contribution is -0.142. The highest BCUT2D eigenvalue weighted by Crippen LogP contribution is 2.40. The summed E-state index contributed by atoms with van der Waals surface area (Å²) in [6.07, 6.45) is 2.14. The normalized spacial score (nSPS) is 15.9. The molecular formula is C54H55F3N8O6S2. The van der Waals surface area contributed by atoms with Crippen LogP contribution in [0.4, 0.5) is 24.5 Å². The van der Waals surface area contributed by atoms with Crippen LogP contribution in [-0.4, -0.2) is 73.8 Å². The molecule has 0 spiro atoms. The summed E-state index contributed by atoms with van der Waals surface area (Å²) in [6, 6.07) is 25.8. The first kappa shape index (κ1) is 52.0. The molecule has 0 saturated carbocycles. The molecular weight excluding hydrogens is 978 g/mol. The van der Waals surface area contributed by atoms with Gasteiger partial charge >= 0.3 is 6.18 Å². The van der Waals surface area contributed by atoms with Crippen molar-refractivity contribution in [3.8, 4) is 39.5 Å². The van der Waals surface area contributed by atoms with Crippen LogP contribution in [0, 0.1) is 24.2 Å². The molecule has 2 saturated heterocycles. The average molecular weight is 1030 g/mol. The highest BCUT2D eigenvalue weighted by molar-refractivity contribution is 7.81. The molecule has 2 aliphatic heterocycles. The number of aromatic nitrogens is 3. The largest absolute Gasteiger partial charge is 0.494 e. The molecule has 2 atom stereocenters. The average Bonchev–Trinajstić information content (AvgIpc) is 4.18. The van der Waals surface area contributed by atoms with Crippen molar-refractivity contribution in [3.05, 3.63) is 131 Å². The number of rotatable bonds is 19. The van der Waals surface area contributed by atoms with E-state index in [9.17, 15) is 32.8 Å². The van der Waals surface area contributed by atoms with Gasteiger partial charge in [0.1, 0.15) is 34.9 Å². The molecule has 73 heavy (non-hydrogen) atoms. The molecule has 0 unspecified atom stereocenters. The number of likely N-dealkylation sites (tertiary alicyclic amines) is 1. The van der Waals surface area contributed by atoms with Crippen LogP contribution < -0.4 is 29.3 Å². The van der Waals surface area contributed by atoms with Crippen LogP contribution in [-0.2, 0) is 27.1 Å². The standard InChI is InChI=1S/C54H55F3N8O6S2/c1-34(2)47(50(67)62-24-10-13-46(62)49(66)59-30-36-14-16-37(17-15-36)48-35(3)60-33-73-48)63-32-44(31-61-63)71-43-12-9-11-42(28-43)70-26-8-6-7-25-69-41-22-20-39(21-23-41)65-52(72)64(51(68)53(65,4)5)40-19-18-38(29-58)45(27-40)54(55,56)57/h9,11-12,14-23,27-28,31-34,46-47H,6-8,10,13,24-26,30H2,1-5H3,(H,59,66)/t46-,47-/m0/s1. The second-order valence-electron chi connectivity index (χ2n) is 18.7. The molecule has 1 N–H and O–H groups in total. The number of nitrogens with zero attached hydrogens (tertiary/aromatic N) is 7. The van der Waals surface area contributed by atoms with E-state index in [-0.39, 0.29) is 28.5 Å². The number of carbonyl (C=O) groups is 3. The number of halogens is 3. The Balaban J connectivity index is 0.773. The second kappa shape index (κ2) is 22.2. The van der Waals surface area contributed by atoms with E-state index in [4.69, 9.17) is 26.4 Å². The van der Waals surface area contributed by atoms with Crippen molar-refractivity contribution in [2.24, 2.45) is 5.92 Å². The number of nitriles is 1.